The predicted octanol–water partition coefficient (Wildman–Crippen LogP) is 1.12. The van der Waals surface area contributed by atoms with Crippen LogP contribution in [0.4, 0.5) is 4.79 Å². The molecule has 0 aliphatic heterocycles. The Labute approximate surface area is 174 Å². The Balaban J connectivity index is 2.09. The lowest BCUT2D eigenvalue weighted by Gasteiger charge is -2.26. The molecule has 2 atom stereocenters. The lowest BCUT2D eigenvalue weighted by atomic mass is 10.0. The number of rotatable bonds is 9. The summed E-state index contributed by atoms with van der Waals surface area (Å²) < 4.78 is 5.17. The Kier molecular flexibility index (Phi) is 8.22. The Morgan fingerprint density at radius 3 is 2.17 bits per heavy atom. The molecule has 0 heterocycles. The fourth-order valence-corrected chi connectivity index (χ4v) is 2.74. The van der Waals surface area contributed by atoms with Crippen molar-refractivity contribution in [1.82, 2.24) is 10.6 Å². The van der Waals surface area contributed by atoms with Crippen molar-refractivity contribution < 1.29 is 29.3 Å². The second-order valence-electron chi connectivity index (χ2n) is 7.18. The average Bonchev–Trinajstić information content (AvgIpc) is 2.71. The largest absolute Gasteiger partial charge is 0.548 e. The van der Waals surface area contributed by atoms with Crippen LogP contribution >= 0.6 is 0 Å². The van der Waals surface area contributed by atoms with Crippen LogP contribution in [0.1, 0.15) is 25.0 Å². The maximum atomic E-state index is 12.7. The Morgan fingerprint density at radius 1 is 0.967 bits per heavy atom. The van der Waals surface area contributed by atoms with Crippen molar-refractivity contribution in [3.8, 4) is 5.75 Å². The highest BCUT2D eigenvalue weighted by Crippen LogP contribution is 2.12. The highest BCUT2D eigenvalue weighted by Gasteiger charge is 2.26. The maximum Gasteiger partial charge on any atom is 0.408 e. The van der Waals surface area contributed by atoms with Crippen LogP contribution in [0.2, 0.25) is 0 Å². The molecule has 0 aliphatic carbocycles. The van der Waals surface area contributed by atoms with Gasteiger partial charge in [-0.3, -0.25) is 4.79 Å². The molecule has 0 saturated heterocycles. The normalized spacial score (nSPS) is 12.6. The Hall–Kier alpha value is -3.55. The van der Waals surface area contributed by atoms with Gasteiger partial charge in [0.25, 0.3) is 0 Å². The number of amides is 2. The van der Waals surface area contributed by atoms with Gasteiger partial charge in [-0.2, -0.15) is 0 Å². The monoisotopic (exact) mass is 413 g/mol. The number of carbonyl (C=O) groups excluding carboxylic acids is 3. The summed E-state index contributed by atoms with van der Waals surface area (Å²) in [6.45, 7) is 3.29. The van der Waals surface area contributed by atoms with Crippen LogP contribution in [-0.4, -0.2) is 35.2 Å². The summed E-state index contributed by atoms with van der Waals surface area (Å²) in [6, 6.07) is 12.9. The van der Waals surface area contributed by atoms with Crippen molar-refractivity contribution >= 4 is 18.0 Å². The standard InChI is InChI=1S/C22H26N2O6/c1-14(2)19(21(27)28)24-20(26)18(12-15-8-10-17(25)11-9-15)23-22(29)30-13-16-6-4-3-5-7-16/h3-11,14,18-19,25H,12-13H2,1-2H3,(H,23,29)(H,24,26)(H,27,28)/p-1/t18-,19+/m0/s1. The van der Waals surface area contributed by atoms with Crippen molar-refractivity contribution in [2.24, 2.45) is 5.92 Å². The number of aliphatic carboxylic acids is 1. The molecule has 3 N–H and O–H groups in total. The Bertz CT molecular complexity index is 852. The molecule has 2 rings (SSSR count). The second kappa shape index (κ2) is 10.8. The van der Waals surface area contributed by atoms with Crippen molar-refractivity contribution in [3.05, 3.63) is 65.7 Å². The molecular formula is C22H25N2O6-. The van der Waals surface area contributed by atoms with Gasteiger partial charge in [-0.25, -0.2) is 4.79 Å². The van der Waals surface area contributed by atoms with Crippen LogP contribution in [0.25, 0.3) is 0 Å². The number of aromatic hydroxyl groups is 1. The van der Waals surface area contributed by atoms with Crippen LogP contribution in [0, 0.1) is 5.92 Å². The van der Waals surface area contributed by atoms with E-state index in [9.17, 15) is 24.6 Å². The number of carboxylic acid groups (broad SMARTS) is 1. The summed E-state index contributed by atoms with van der Waals surface area (Å²) in [6.07, 6.45) is -0.739. The van der Waals surface area contributed by atoms with Gasteiger partial charge in [0.15, 0.2) is 0 Å². The summed E-state index contributed by atoms with van der Waals surface area (Å²) >= 11 is 0. The molecule has 2 aromatic rings. The number of carbonyl (C=O) groups is 3. The number of ether oxygens (including phenoxy) is 1. The molecule has 2 amide bonds. The molecule has 0 aromatic heterocycles. The first-order chi connectivity index (χ1) is 14.3. The van der Waals surface area contributed by atoms with Crippen molar-refractivity contribution in [3.63, 3.8) is 0 Å². The minimum Gasteiger partial charge on any atom is -0.548 e. The first-order valence-corrected chi connectivity index (χ1v) is 9.52. The highest BCUT2D eigenvalue weighted by molar-refractivity contribution is 5.89. The quantitative estimate of drug-likeness (QED) is 0.565. The van der Waals surface area contributed by atoms with Gasteiger partial charge in [0.1, 0.15) is 18.4 Å². The lowest BCUT2D eigenvalue weighted by molar-refractivity contribution is -0.309. The van der Waals surface area contributed by atoms with Crippen LogP contribution in [0.5, 0.6) is 5.75 Å². The smallest absolute Gasteiger partial charge is 0.408 e. The molecule has 30 heavy (non-hydrogen) atoms. The first kappa shape index (κ1) is 22.7. The summed E-state index contributed by atoms with van der Waals surface area (Å²) in [5, 5.41) is 25.6. The number of alkyl carbamates (subject to hydrolysis) is 1. The number of phenolic OH excluding ortho intramolecular Hbond substituents is 1. The van der Waals surface area contributed by atoms with E-state index in [0.29, 0.717) is 5.56 Å². The summed E-state index contributed by atoms with van der Waals surface area (Å²) in [5.41, 5.74) is 1.44. The summed E-state index contributed by atoms with van der Waals surface area (Å²) in [7, 11) is 0. The van der Waals surface area contributed by atoms with E-state index in [1.165, 1.54) is 12.1 Å². The number of hydrogen-bond acceptors (Lipinski definition) is 6. The molecule has 0 fully saturated rings. The molecule has 0 saturated carbocycles. The average molecular weight is 413 g/mol. The van der Waals surface area contributed by atoms with E-state index in [1.54, 1.807) is 38.1 Å². The number of hydrogen-bond donors (Lipinski definition) is 3. The van der Waals surface area contributed by atoms with E-state index < -0.39 is 36.0 Å². The third-order valence-corrected chi connectivity index (χ3v) is 4.42. The molecular weight excluding hydrogens is 388 g/mol. The number of benzene rings is 2. The topological polar surface area (TPSA) is 128 Å². The van der Waals surface area contributed by atoms with Gasteiger partial charge < -0.3 is 30.4 Å². The zero-order valence-corrected chi connectivity index (χ0v) is 16.8. The summed E-state index contributed by atoms with van der Waals surface area (Å²) in [5.74, 6) is -2.43. The number of phenols is 1. The van der Waals surface area contributed by atoms with Gasteiger partial charge in [0, 0.05) is 6.42 Å². The number of carboxylic acids is 1. The molecule has 0 bridgehead atoms. The molecule has 160 valence electrons. The fourth-order valence-electron chi connectivity index (χ4n) is 2.74. The van der Waals surface area contributed by atoms with E-state index in [4.69, 9.17) is 4.74 Å². The third-order valence-electron chi connectivity index (χ3n) is 4.42. The Morgan fingerprint density at radius 2 is 1.60 bits per heavy atom. The maximum absolute atomic E-state index is 12.7. The fraction of sp³-hybridized carbons (Fsp3) is 0.318. The van der Waals surface area contributed by atoms with Gasteiger partial charge in [-0.15, -0.1) is 0 Å². The zero-order valence-electron chi connectivity index (χ0n) is 16.8. The SMILES string of the molecule is CC(C)[C@@H](NC(=O)[C@H](Cc1ccc(O)cc1)NC(=O)OCc1ccccc1)C(=O)[O-]. The van der Waals surface area contributed by atoms with E-state index in [1.807, 2.05) is 18.2 Å². The summed E-state index contributed by atoms with van der Waals surface area (Å²) in [4.78, 5) is 36.3. The third kappa shape index (κ3) is 7.12. The number of nitrogens with one attached hydrogen (secondary N) is 2. The highest BCUT2D eigenvalue weighted by atomic mass is 16.5. The minimum atomic E-state index is -1.41. The molecule has 8 heteroatoms. The molecule has 0 spiro atoms. The predicted molar refractivity (Wildman–Crippen MR) is 107 cm³/mol. The minimum absolute atomic E-state index is 0.0217. The van der Waals surface area contributed by atoms with Gasteiger partial charge in [-0.1, -0.05) is 56.3 Å². The molecule has 8 nitrogen and oxygen atoms in total. The molecule has 0 unspecified atom stereocenters. The van der Waals surface area contributed by atoms with E-state index >= 15 is 0 Å². The molecule has 0 aliphatic rings. The molecule has 2 aromatic carbocycles. The van der Waals surface area contributed by atoms with Gasteiger partial charge in [0.05, 0.1) is 12.0 Å². The van der Waals surface area contributed by atoms with Gasteiger partial charge in [0.2, 0.25) is 5.91 Å². The van der Waals surface area contributed by atoms with E-state index in [-0.39, 0.29) is 18.8 Å². The van der Waals surface area contributed by atoms with Gasteiger partial charge in [-0.05, 0) is 29.2 Å². The zero-order chi connectivity index (χ0) is 22.1. The van der Waals surface area contributed by atoms with Gasteiger partial charge >= 0.3 is 6.09 Å². The van der Waals surface area contributed by atoms with Crippen LogP contribution in [-0.2, 0) is 27.4 Å². The van der Waals surface area contributed by atoms with Crippen LogP contribution in [0.15, 0.2) is 54.6 Å². The van der Waals surface area contributed by atoms with Crippen LogP contribution in [0.3, 0.4) is 0 Å². The first-order valence-electron chi connectivity index (χ1n) is 9.52. The van der Waals surface area contributed by atoms with E-state index in [0.717, 1.165) is 5.56 Å². The van der Waals surface area contributed by atoms with Crippen molar-refractivity contribution in [2.75, 3.05) is 0 Å². The second-order valence-corrected chi connectivity index (χ2v) is 7.18. The van der Waals surface area contributed by atoms with E-state index in [2.05, 4.69) is 10.6 Å². The molecule has 0 radical (unpaired) electrons. The van der Waals surface area contributed by atoms with Crippen molar-refractivity contribution in [1.29, 1.82) is 0 Å². The van der Waals surface area contributed by atoms with Crippen molar-refractivity contribution in [2.45, 2.75) is 39.0 Å². The lowest BCUT2D eigenvalue weighted by Crippen LogP contribution is -2.56. The van der Waals surface area contributed by atoms with Crippen LogP contribution < -0.4 is 15.7 Å².